The summed E-state index contributed by atoms with van der Waals surface area (Å²) < 4.78 is 59.1. The van der Waals surface area contributed by atoms with E-state index in [2.05, 4.69) is 16.1 Å². The first-order valence-electron chi connectivity index (χ1n) is 3.43. The van der Waals surface area contributed by atoms with Gasteiger partial charge in [0.2, 0.25) is 0 Å². The number of rotatable bonds is 0. The molecule has 0 aromatic carbocycles. The number of halogens is 4. The van der Waals surface area contributed by atoms with Gasteiger partial charge in [-0.3, -0.25) is 0 Å². The van der Waals surface area contributed by atoms with Crippen LogP contribution in [-0.2, 0) is 9.47 Å². The van der Waals surface area contributed by atoms with Crippen LogP contribution in [0.4, 0.5) is 17.6 Å². The Morgan fingerprint density at radius 2 is 1.31 bits per heavy atom. The molecule has 1 heterocycles. The van der Waals surface area contributed by atoms with Crippen LogP contribution in [0, 0.1) is 5.41 Å². The third kappa shape index (κ3) is 1.24. The fourth-order valence-electron chi connectivity index (χ4n) is 0.731. The van der Waals surface area contributed by atoms with Gasteiger partial charge in [-0.1, -0.05) is 0 Å². The Kier molecular flexibility index (Phi) is 1.79. The molecule has 2 nitrogen and oxygen atoms in total. The summed E-state index contributed by atoms with van der Waals surface area (Å²) in [6.07, 6.45) is -7.99. The average molecular weight is 200 g/mol. The molecule has 0 radical (unpaired) electrons. The molecule has 0 aromatic heterocycles. The van der Waals surface area contributed by atoms with Crippen molar-refractivity contribution in [3.63, 3.8) is 0 Å². The minimum absolute atomic E-state index is 0.652. The van der Waals surface area contributed by atoms with Crippen molar-refractivity contribution >= 4 is 0 Å². The normalized spacial score (nSPS) is 28.9. The van der Waals surface area contributed by atoms with Crippen molar-refractivity contribution in [1.29, 1.82) is 0 Å². The topological polar surface area (TPSA) is 18.5 Å². The summed E-state index contributed by atoms with van der Waals surface area (Å²) in [6, 6.07) is 0. The Morgan fingerprint density at radius 3 is 1.62 bits per heavy atom. The fraction of sp³-hybridized carbons (Fsp3) is 0.714. The predicted octanol–water partition coefficient (Wildman–Crippen LogP) is 2.72. The van der Waals surface area contributed by atoms with Gasteiger partial charge in [-0.05, 0) is 20.4 Å². The quantitative estimate of drug-likeness (QED) is 0.559. The molecular formula is C7H8F4O2. The van der Waals surface area contributed by atoms with Gasteiger partial charge in [0.05, 0.1) is 0 Å². The van der Waals surface area contributed by atoms with E-state index in [0.717, 1.165) is 0 Å². The van der Waals surface area contributed by atoms with E-state index in [9.17, 15) is 17.6 Å². The number of hydrogen-bond acceptors (Lipinski definition) is 2. The molecule has 0 bridgehead atoms. The maximum atomic E-state index is 12.9. The standard InChI is InChI=1S/C7H8F4O2/c1-4-12-6(8,9)5(2,3)7(10,11)13-4/h1H2,2-3H3. The van der Waals surface area contributed by atoms with E-state index in [4.69, 9.17) is 0 Å². The molecule has 13 heavy (non-hydrogen) atoms. The Bertz CT molecular complexity index is 225. The number of hydrogen-bond donors (Lipinski definition) is 0. The third-order valence-corrected chi connectivity index (χ3v) is 1.94. The zero-order valence-corrected chi connectivity index (χ0v) is 7.04. The van der Waals surface area contributed by atoms with Crippen molar-refractivity contribution in [3.05, 3.63) is 12.5 Å². The van der Waals surface area contributed by atoms with E-state index in [0.29, 0.717) is 13.8 Å². The van der Waals surface area contributed by atoms with Crippen LogP contribution in [0.5, 0.6) is 0 Å². The third-order valence-electron chi connectivity index (χ3n) is 1.94. The van der Waals surface area contributed by atoms with Gasteiger partial charge in [0.25, 0.3) is 5.95 Å². The lowest BCUT2D eigenvalue weighted by Crippen LogP contribution is -2.56. The van der Waals surface area contributed by atoms with Gasteiger partial charge in [0.1, 0.15) is 0 Å². The molecule has 0 amide bonds. The van der Waals surface area contributed by atoms with Gasteiger partial charge in [0.15, 0.2) is 5.41 Å². The summed E-state index contributed by atoms with van der Waals surface area (Å²) in [5.74, 6) is -1.07. The maximum Gasteiger partial charge on any atom is 0.414 e. The number of alkyl halides is 4. The van der Waals surface area contributed by atoms with Gasteiger partial charge in [-0.15, -0.1) is 0 Å². The highest BCUT2D eigenvalue weighted by Crippen LogP contribution is 2.53. The van der Waals surface area contributed by atoms with Crippen LogP contribution in [0.15, 0.2) is 12.5 Å². The highest BCUT2D eigenvalue weighted by Gasteiger charge is 2.70. The molecule has 0 atom stereocenters. The Morgan fingerprint density at radius 1 is 1.00 bits per heavy atom. The fourth-order valence-corrected chi connectivity index (χ4v) is 0.731. The highest BCUT2D eigenvalue weighted by atomic mass is 19.3. The first kappa shape index (κ1) is 10.1. The van der Waals surface area contributed by atoms with Gasteiger partial charge in [0, 0.05) is 0 Å². The lowest BCUT2D eigenvalue weighted by atomic mass is 9.89. The first-order chi connectivity index (χ1) is 5.60. The van der Waals surface area contributed by atoms with Crippen molar-refractivity contribution in [1.82, 2.24) is 0 Å². The highest BCUT2D eigenvalue weighted by molar-refractivity contribution is 4.95. The molecule has 76 valence electrons. The van der Waals surface area contributed by atoms with Crippen LogP contribution >= 0.6 is 0 Å². The SMILES string of the molecule is C=C1OC(F)(F)C(C)(C)C(F)(F)O1. The molecule has 0 aliphatic carbocycles. The van der Waals surface area contributed by atoms with Gasteiger partial charge in [-0.2, -0.15) is 17.6 Å². The molecule has 1 rings (SSSR count). The smallest absolute Gasteiger partial charge is 0.400 e. The van der Waals surface area contributed by atoms with Crippen molar-refractivity contribution < 1.29 is 27.0 Å². The maximum absolute atomic E-state index is 12.9. The lowest BCUT2D eigenvalue weighted by molar-refractivity contribution is -0.447. The largest absolute Gasteiger partial charge is 0.414 e. The van der Waals surface area contributed by atoms with Crippen molar-refractivity contribution in [2.24, 2.45) is 5.41 Å². The molecular weight excluding hydrogens is 192 g/mol. The van der Waals surface area contributed by atoms with Crippen molar-refractivity contribution in [2.45, 2.75) is 26.1 Å². The molecule has 1 fully saturated rings. The number of ether oxygens (including phenoxy) is 2. The van der Waals surface area contributed by atoms with E-state index in [1.165, 1.54) is 0 Å². The summed E-state index contributed by atoms with van der Waals surface area (Å²) >= 11 is 0. The Hall–Kier alpha value is -0.940. The van der Waals surface area contributed by atoms with Crippen molar-refractivity contribution in [3.8, 4) is 0 Å². The van der Waals surface area contributed by atoms with Gasteiger partial charge in [-0.25, -0.2) is 0 Å². The molecule has 1 aliphatic rings. The molecule has 0 saturated carbocycles. The van der Waals surface area contributed by atoms with E-state index in [1.54, 1.807) is 0 Å². The minimum Gasteiger partial charge on any atom is -0.400 e. The summed E-state index contributed by atoms with van der Waals surface area (Å²) in [4.78, 5) is 0. The summed E-state index contributed by atoms with van der Waals surface area (Å²) in [5, 5.41) is 0. The molecule has 6 heteroatoms. The Labute approximate surface area is 72.1 Å². The van der Waals surface area contributed by atoms with E-state index in [1.807, 2.05) is 0 Å². The molecule has 0 spiro atoms. The van der Waals surface area contributed by atoms with Crippen LogP contribution < -0.4 is 0 Å². The Balaban J connectivity index is 3.10. The summed E-state index contributed by atoms with van der Waals surface area (Å²) in [5.41, 5.74) is -2.72. The first-order valence-corrected chi connectivity index (χ1v) is 3.43. The molecule has 0 unspecified atom stereocenters. The second-order valence-corrected chi connectivity index (χ2v) is 3.23. The zero-order chi connectivity index (χ0) is 10.5. The van der Waals surface area contributed by atoms with Crippen LogP contribution in [0.2, 0.25) is 0 Å². The molecule has 1 aliphatic heterocycles. The van der Waals surface area contributed by atoms with E-state index >= 15 is 0 Å². The second kappa shape index (κ2) is 2.30. The summed E-state index contributed by atoms with van der Waals surface area (Å²) in [7, 11) is 0. The molecule has 0 N–H and O–H groups in total. The monoisotopic (exact) mass is 200 g/mol. The van der Waals surface area contributed by atoms with Crippen LogP contribution in [0.25, 0.3) is 0 Å². The minimum atomic E-state index is -3.99. The second-order valence-electron chi connectivity index (χ2n) is 3.23. The zero-order valence-electron chi connectivity index (χ0n) is 7.04. The lowest BCUT2D eigenvalue weighted by Gasteiger charge is -2.42. The van der Waals surface area contributed by atoms with E-state index in [-0.39, 0.29) is 0 Å². The molecule has 0 aromatic rings. The predicted molar refractivity (Wildman–Crippen MR) is 35.0 cm³/mol. The summed E-state index contributed by atoms with van der Waals surface area (Å²) in [6.45, 7) is 4.07. The van der Waals surface area contributed by atoms with Gasteiger partial charge < -0.3 is 9.47 Å². The van der Waals surface area contributed by atoms with Crippen LogP contribution in [-0.4, -0.2) is 12.2 Å². The van der Waals surface area contributed by atoms with Crippen LogP contribution in [0.1, 0.15) is 13.8 Å². The molecule has 1 saturated heterocycles. The van der Waals surface area contributed by atoms with E-state index < -0.39 is 23.6 Å². The van der Waals surface area contributed by atoms with Crippen LogP contribution in [0.3, 0.4) is 0 Å². The van der Waals surface area contributed by atoms with Gasteiger partial charge >= 0.3 is 12.2 Å². The average Bonchev–Trinajstić information content (AvgIpc) is 1.80. The van der Waals surface area contributed by atoms with Crippen molar-refractivity contribution in [2.75, 3.05) is 0 Å².